The second-order valence-corrected chi connectivity index (χ2v) is 4.60. The topological polar surface area (TPSA) is 21.3 Å². The Bertz CT molecular complexity index is 425. The molecule has 0 aliphatic carbocycles. The normalized spacial score (nSPS) is 10.3. The molecule has 0 bridgehead atoms. The van der Waals surface area contributed by atoms with Gasteiger partial charge in [-0.3, -0.25) is 0 Å². The van der Waals surface area contributed by atoms with Gasteiger partial charge in [0, 0.05) is 24.2 Å². The number of ether oxygens (including phenoxy) is 1. The van der Waals surface area contributed by atoms with E-state index in [0.29, 0.717) is 6.61 Å². The monoisotopic (exact) mass is 233 g/mol. The predicted octanol–water partition coefficient (Wildman–Crippen LogP) is 3.51. The summed E-state index contributed by atoms with van der Waals surface area (Å²) in [5.41, 5.74) is 2.33. The summed E-state index contributed by atoms with van der Waals surface area (Å²) < 4.78 is 5.11. The number of anilines is 1. The van der Waals surface area contributed by atoms with Gasteiger partial charge in [0.15, 0.2) is 0 Å². The van der Waals surface area contributed by atoms with Crippen molar-refractivity contribution in [2.24, 2.45) is 0 Å². The smallest absolute Gasteiger partial charge is 0.0713 e. The molecule has 1 heterocycles. The first-order valence-electron chi connectivity index (χ1n) is 5.22. The van der Waals surface area contributed by atoms with Crippen molar-refractivity contribution >= 4 is 17.0 Å². The summed E-state index contributed by atoms with van der Waals surface area (Å²) in [5, 5.41) is 5.50. The maximum atomic E-state index is 5.11. The molecule has 0 aliphatic rings. The van der Waals surface area contributed by atoms with Crippen LogP contribution in [0.5, 0.6) is 0 Å². The van der Waals surface area contributed by atoms with Gasteiger partial charge >= 0.3 is 0 Å². The largest absolute Gasteiger partial charge is 0.380 e. The summed E-state index contributed by atoms with van der Waals surface area (Å²) in [6.07, 6.45) is 0. The highest BCUT2D eigenvalue weighted by atomic mass is 32.1. The Morgan fingerprint density at radius 1 is 1.25 bits per heavy atom. The summed E-state index contributed by atoms with van der Waals surface area (Å²) in [6, 6.07) is 12.5. The van der Waals surface area contributed by atoms with Crippen molar-refractivity contribution in [3.8, 4) is 0 Å². The van der Waals surface area contributed by atoms with Crippen LogP contribution in [-0.2, 0) is 17.9 Å². The first-order chi connectivity index (χ1) is 7.88. The van der Waals surface area contributed by atoms with E-state index < -0.39 is 0 Å². The number of methoxy groups -OCH3 is 1. The molecular formula is C13H15NOS. The number of benzene rings is 1. The minimum absolute atomic E-state index is 0.661. The lowest BCUT2D eigenvalue weighted by Gasteiger charge is -2.06. The molecule has 0 saturated heterocycles. The van der Waals surface area contributed by atoms with E-state index in [0.717, 1.165) is 12.2 Å². The van der Waals surface area contributed by atoms with Crippen LogP contribution in [0.25, 0.3) is 0 Å². The highest BCUT2D eigenvalue weighted by molar-refractivity contribution is 7.09. The van der Waals surface area contributed by atoms with Gasteiger partial charge in [0.1, 0.15) is 0 Å². The molecule has 0 aliphatic heterocycles. The summed E-state index contributed by atoms with van der Waals surface area (Å²) in [7, 11) is 1.71. The maximum Gasteiger partial charge on any atom is 0.0713 e. The zero-order valence-corrected chi connectivity index (χ0v) is 10.1. The highest BCUT2D eigenvalue weighted by Gasteiger charge is 1.96. The van der Waals surface area contributed by atoms with E-state index in [4.69, 9.17) is 4.74 Å². The van der Waals surface area contributed by atoms with E-state index in [1.807, 2.05) is 6.07 Å². The number of hydrogen-bond acceptors (Lipinski definition) is 3. The van der Waals surface area contributed by atoms with Gasteiger partial charge in [-0.15, -0.1) is 11.3 Å². The molecule has 2 aromatic rings. The SMILES string of the molecule is COCc1cccc(NCc2cccs2)c1. The molecule has 1 N–H and O–H groups in total. The third-order valence-corrected chi connectivity index (χ3v) is 3.16. The Morgan fingerprint density at radius 2 is 2.19 bits per heavy atom. The van der Waals surface area contributed by atoms with Crippen LogP contribution in [0.4, 0.5) is 5.69 Å². The lowest BCUT2D eigenvalue weighted by molar-refractivity contribution is 0.185. The zero-order valence-electron chi connectivity index (χ0n) is 9.27. The molecule has 0 fully saturated rings. The molecule has 16 heavy (non-hydrogen) atoms. The van der Waals surface area contributed by atoms with Crippen LogP contribution in [0.3, 0.4) is 0 Å². The van der Waals surface area contributed by atoms with Crippen molar-refractivity contribution in [2.45, 2.75) is 13.2 Å². The van der Waals surface area contributed by atoms with Crippen LogP contribution in [-0.4, -0.2) is 7.11 Å². The van der Waals surface area contributed by atoms with Crippen LogP contribution in [0.2, 0.25) is 0 Å². The van der Waals surface area contributed by atoms with Gasteiger partial charge in [-0.1, -0.05) is 18.2 Å². The molecule has 0 unspecified atom stereocenters. The van der Waals surface area contributed by atoms with Gasteiger partial charge in [-0.2, -0.15) is 0 Å². The Hall–Kier alpha value is -1.32. The van der Waals surface area contributed by atoms with Crippen molar-refractivity contribution in [3.05, 3.63) is 52.2 Å². The molecule has 3 heteroatoms. The lowest BCUT2D eigenvalue weighted by Crippen LogP contribution is -1.98. The number of thiophene rings is 1. The van der Waals surface area contributed by atoms with Crippen LogP contribution in [0.15, 0.2) is 41.8 Å². The fraction of sp³-hybridized carbons (Fsp3) is 0.231. The van der Waals surface area contributed by atoms with Crippen molar-refractivity contribution in [1.82, 2.24) is 0 Å². The fourth-order valence-electron chi connectivity index (χ4n) is 1.54. The zero-order chi connectivity index (χ0) is 11.2. The van der Waals surface area contributed by atoms with Crippen LogP contribution < -0.4 is 5.32 Å². The molecular weight excluding hydrogens is 218 g/mol. The molecule has 0 amide bonds. The molecule has 84 valence electrons. The van der Waals surface area contributed by atoms with Gasteiger partial charge in [-0.25, -0.2) is 0 Å². The van der Waals surface area contributed by atoms with Crippen LogP contribution in [0, 0.1) is 0 Å². The molecule has 0 saturated carbocycles. The average Bonchev–Trinajstić information content (AvgIpc) is 2.80. The molecule has 2 nitrogen and oxygen atoms in total. The van der Waals surface area contributed by atoms with Crippen molar-refractivity contribution in [3.63, 3.8) is 0 Å². The quantitative estimate of drug-likeness (QED) is 0.853. The highest BCUT2D eigenvalue weighted by Crippen LogP contribution is 2.14. The fourth-order valence-corrected chi connectivity index (χ4v) is 2.18. The van der Waals surface area contributed by atoms with Crippen LogP contribution >= 0.6 is 11.3 Å². The Kier molecular flexibility index (Phi) is 3.97. The summed E-state index contributed by atoms with van der Waals surface area (Å²) >= 11 is 1.77. The standard InChI is InChI=1S/C13H15NOS/c1-15-10-11-4-2-5-12(8-11)14-9-13-6-3-7-16-13/h2-8,14H,9-10H2,1H3. The van der Waals surface area contributed by atoms with Crippen molar-refractivity contribution < 1.29 is 4.74 Å². The first kappa shape index (κ1) is 11.2. The molecule has 2 rings (SSSR count). The van der Waals surface area contributed by atoms with E-state index in [2.05, 4.69) is 41.0 Å². The summed E-state index contributed by atoms with van der Waals surface area (Å²) in [4.78, 5) is 1.34. The van der Waals surface area contributed by atoms with E-state index in [9.17, 15) is 0 Å². The Balaban J connectivity index is 1.96. The second kappa shape index (κ2) is 5.68. The van der Waals surface area contributed by atoms with E-state index >= 15 is 0 Å². The number of rotatable bonds is 5. The van der Waals surface area contributed by atoms with E-state index in [1.165, 1.54) is 10.4 Å². The molecule has 0 spiro atoms. The summed E-state index contributed by atoms with van der Waals surface area (Å²) in [5.74, 6) is 0. The van der Waals surface area contributed by atoms with E-state index in [-0.39, 0.29) is 0 Å². The van der Waals surface area contributed by atoms with Crippen molar-refractivity contribution in [2.75, 3.05) is 12.4 Å². The Morgan fingerprint density at radius 3 is 2.94 bits per heavy atom. The van der Waals surface area contributed by atoms with Crippen molar-refractivity contribution in [1.29, 1.82) is 0 Å². The summed E-state index contributed by atoms with van der Waals surface area (Å²) in [6.45, 7) is 1.54. The Labute approximate surface area is 99.9 Å². The minimum atomic E-state index is 0.661. The second-order valence-electron chi connectivity index (χ2n) is 3.57. The molecule has 1 aromatic heterocycles. The van der Waals surface area contributed by atoms with Gasteiger partial charge in [-0.05, 0) is 29.1 Å². The molecule has 1 aromatic carbocycles. The lowest BCUT2D eigenvalue weighted by atomic mass is 10.2. The van der Waals surface area contributed by atoms with Gasteiger partial charge in [0.05, 0.1) is 6.61 Å². The molecule has 0 radical (unpaired) electrons. The first-order valence-corrected chi connectivity index (χ1v) is 6.10. The van der Waals surface area contributed by atoms with Gasteiger partial charge in [0.2, 0.25) is 0 Å². The minimum Gasteiger partial charge on any atom is -0.380 e. The average molecular weight is 233 g/mol. The maximum absolute atomic E-state index is 5.11. The van der Waals surface area contributed by atoms with Gasteiger partial charge in [0.25, 0.3) is 0 Å². The van der Waals surface area contributed by atoms with Crippen LogP contribution in [0.1, 0.15) is 10.4 Å². The third kappa shape index (κ3) is 3.08. The predicted molar refractivity (Wildman–Crippen MR) is 68.8 cm³/mol. The number of nitrogens with one attached hydrogen (secondary N) is 1. The van der Waals surface area contributed by atoms with Gasteiger partial charge < -0.3 is 10.1 Å². The van der Waals surface area contributed by atoms with E-state index in [1.54, 1.807) is 18.4 Å². The number of hydrogen-bond donors (Lipinski definition) is 1. The molecule has 0 atom stereocenters. The third-order valence-electron chi connectivity index (χ3n) is 2.28.